The highest BCUT2D eigenvalue weighted by Gasteiger charge is 2.22. The normalized spacial score (nSPS) is 22.5. The lowest BCUT2D eigenvalue weighted by atomic mass is 10.1. The first kappa shape index (κ1) is 14.1. The predicted molar refractivity (Wildman–Crippen MR) is 77.4 cm³/mol. The summed E-state index contributed by atoms with van der Waals surface area (Å²) in [5.41, 5.74) is 1.06. The van der Waals surface area contributed by atoms with Crippen LogP contribution in [0.3, 0.4) is 0 Å². The Hall–Kier alpha value is -1.36. The van der Waals surface area contributed by atoms with Gasteiger partial charge in [0.15, 0.2) is 0 Å². The van der Waals surface area contributed by atoms with Crippen LogP contribution >= 0.6 is 0 Å². The molecule has 1 aliphatic rings. The van der Waals surface area contributed by atoms with Crippen LogP contribution in [0, 0.1) is 12.8 Å². The molecule has 1 saturated carbocycles. The maximum Gasteiger partial charge on any atom is 0.134 e. The molecule has 1 aromatic rings. The minimum absolute atomic E-state index is 0.111. The first-order chi connectivity index (χ1) is 9.20. The molecule has 1 aliphatic carbocycles. The molecule has 2 unspecified atom stereocenters. The highest BCUT2D eigenvalue weighted by molar-refractivity contribution is 5.56. The molecule has 0 aliphatic heterocycles. The molecule has 0 bridgehead atoms. The minimum atomic E-state index is -0.111. The van der Waals surface area contributed by atoms with Crippen LogP contribution in [0.1, 0.15) is 38.2 Å². The van der Waals surface area contributed by atoms with Crippen molar-refractivity contribution in [3.05, 3.63) is 11.9 Å². The first-order valence-corrected chi connectivity index (χ1v) is 7.18. The smallest absolute Gasteiger partial charge is 0.134 e. The second kappa shape index (κ2) is 6.70. The van der Waals surface area contributed by atoms with E-state index in [1.807, 2.05) is 6.92 Å². The third-order valence-corrected chi connectivity index (χ3v) is 3.70. The molecule has 5 nitrogen and oxygen atoms in total. The van der Waals surface area contributed by atoms with Crippen LogP contribution in [-0.4, -0.2) is 34.3 Å². The van der Waals surface area contributed by atoms with Gasteiger partial charge in [0.2, 0.25) is 0 Å². The van der Waals surface area contributed by atoms with Crippen LogP contribution in [0.5, 0.6) is 0 Å². The van der Waals surface area contributed by atoms with Crippen molar-refractivity contribution in [2.45, 2.75) is 45.6 Å². The van der Waals surface area contributed by atoms with E-state index in [0.717, 1.165) is 56.0 Å². The zero-order chi connectivity index (χ0) is 13.7. The van der Waals surface area contributed by atoms with Gasteiger partial charge in [0.25, 0.3) is 0 Å². The summed E-state index contributed by atoms with van der Waals surface area (Å²) < 4.78 is 0. The second-order valence-corrected chi connectivity index (χ2v) is 5.34. The van der Waals surface area contributed by atoms with Crippen molar-refractivity contribution >= 4 is 11.6 Å². The average Bonchev–Trinajstić information content (AvgIpc) is 2.82. The summed E-state index contributed by atoms with van der Waals surface area (Å²) in [6.07, 6.45) is 5.48. The number of aromatic nitrogens is 2. The lowest BCUT2D eigenvalue weighted by Gasteiger charge is -2.15. The number of hydrogen-bond donors (Lipinski definition) is 3. The number of nitrogens with one attached hydrogen (secondary N) is 2. The molecular weight excluding hydrogens is 240 g/mol. The molecule has 0 radical (unpaired) electrons. The van der Waals surface area contributed by atoms with Crippen LogP contribution in [-0.2, 0) is 0 Å². The highest BCUT2D eigenvalue weighted by Crippen LogP contribution is 2.26. The largest absolute Gasteiger partial charge is 0.393 e. The molecule has 0 spiro atoms. The van der Waals surface area contributed by atoms with E-state index in [1.54, 1.807) is 6.33 Å². The molecule has 106 valence electrons. The van der Waals surface area contributed by atoms with E-state index in [-0.39, 0.29) is 6.10 Å². The third kappa shape index (κ3) is 3.80. The highest BCUT2D eigenvalue weighted by atomic mass is 16.3. The molecule has 1 heterocycles. The number of hydrogen-bond acceptors (Lipinski definition) is 5. The van der Waals surface area contributed by atoms with Crippen LogP contribution in [0.25, 0.3) is 0 Å². The number of rotatable bonds is 6. The van der Waals surface area contributed by atoms with Gasteiger partial charge in [-0.25, -0.2) is 9.97 Å². The zero-order valence-electron chi connectivity index (χ0n) is 11.8. The quantitative estimate of drug-likeness (QED) is 0.734. The number of aliphatic hydroxyl groups is 1. The zero-order valence-corrected chi connectivity index (χ0v) is 11.8. The number of aliphatic hydroxyl groups excluding tert-OH is 1. The van der Waals surface area contributed by atoms with Crippen molar-refractivity contribution in [3.8, 4) is 0 Å². The summed E-state index contributed by atoms with van der Waals surface area (Å²) in [7, 11) is 0. The summed E-state index contributed by atoms with van der Waals surface area (Å²) in [6, 6.07) is 0. The van der Waals surface area contributed by atoms with Gasteiger partial charge in [0, 0.05) is 18.7 Å². The summed E-state index contributed by atoms with van der Waals surface area (Å²) >= 11 is 0. The summed E-state index contributed by atoms with van der Waals surface area (Å²) in [5, 5.41) is 16.2. The van der Waals surface area contributed by atoms with E-state index in [1.165, 1.54) is 0 Å². The fraction of sp³-hybridized carbons (Fsp3) is 0.714. The lowest BCUT2D eigenvalue weighted by molar-refractivity contribution is 0.178. The van der Waals surface area contributed by atoms with Gasteiger partial charge in [-0.15, -0.1) is 0 Å². The van der Waals surface area contributed by atoms with Crippen LogP contribution in [0.15, 0.2) is 6.33 Å². The van der Waals surface area contributed by atoms with Crippen LogP contribution in [0.4, 0.5) is 11.6 Å². The Labute approximate surface area is 114 Å². The molecular formula is C14H24N4O. The summed E-state index contributed by atoms with van der Waals surface area (Å²) in [6.45, 7) is 5.96. The Morgan fingerprint density at radius 3 is 2.63 bits per heavy atom. The molecule has 19 heavy (non-hydrogen) atoms. The lowest BCUT2D eigenvalue weighted by Crippen LogP contribution is -2.15. The Morgan fingerprint density at radius 2 is 2.00 bits per heavy atom. The van der Waals surface area contributed by atoms with Crippen molar-refractivity contribution in [3.63, 3.8) is 0 Å². The van der Waals surface area contributed by atoms with E-state index in [0.29, 0.717) is 5.92 Å². The van der Waals surface area contributed by atoms with Crippen molar-refractivity contribution in [1.82, 2.24) is 9.97 Å². The van der Waals surface area contributed by atoms with Crippen molar-refractivity contribution < 1.29 is 5.11 Å². The number of nitrogens with zero attached hydrogens (tertiary/aromatic N) is 2. The van der Waals surface area contributed by atoms with E-state index in [4.69, 9.17) is 0 Å². The van der Waals surface area contributed by atoms with Gasteiger partial charge < -0.3 is 15.7 Å². The van der Waals surface area contributed by atoms with E-state index in [2.05, 4.69) is 27.5 Å². The summed E-state index contributed by atoms with van der Waals surface area (Å²) in [5.74, 6) is 2.36. The topological polar surface area (TPSA) is 70.1 Å². The molecule has 1 aromatic heterocycles. The van der Waals surface area contributed by atoms with Gasteiger partial charge in [-0.05, 0) is 38.5 Å². The van der Waals surface area contributed by atoms with Gasteiger partial charge in [0.05, 0.1) is 6.10 Å². The Morgan fingerprint density at radius 1 is 1.26 bits per heavy atom. The fourth-order valence-electron chi connectivity index (χ4n) is 2.52. The standard InChI is InChI=1S/C14H24N4O/c1-3-6-15-13-10(2)14(18-9-17-13)16-8-11-4-5-12(19)7-11/h9,11-12,19H,3-8H2,1-2H3,(H2,15,16,17,18). The molecule has 5 heteroatoms. The van der Waals surface area contributed by atoms with Gasteiger partial charge in [0.1, 0.15) is 18.0 Å². The maximum atomic E-state index is 9.53. The van der Waals surface area contributed by atoms with E-state index in [9.17, 15) is 5.11 Å². The molecule has 0 aromatic carbocycles. The molecule has 1 fully saturated rings. The Balaban J connectivity index is 1.92. The number of anilines is 2. The first-order valence-electron chi connectivity index (χ1n) is 7.18. The van der Waals surface area contributed by atoms with Gasteiger partial charge in [-0.1, -0.05) is 6.92 Å². The predicted octanol–water partition coefficient (Wildman–Crippen LogP) is 2.18. The molecule has 2 rings (SSSR count). The summed E-state index contributed by atoms with van der Waals surface area (Å²) in [4.78, 5) is 8.57. The van der Waals surface area contributed by atoms with Gasteiger partial charge in [-0.2, -0.15) is 0 Å². The van der Waals surface area contributed by atoms with Crippen LogP contribution in [0.2, 0.25) is 0 Å². The van der Waals surface area contributed by atoms with E-state index < -0.39 is 0 Å². The Kier molecular flexibility index (Phi) is 4.96. The van der Waals surface area contributed by atoms with Crippen molar-refractivity contribution in [2.75, 3.05) is 23.7 Å². The monoisotopic (exact) mass is 264 g/mol. The van der Waals surface area contributed by atoms with Crippen molar-refractivity contribution in [2.24, 2.45) is 5.92 Å². The fourth-order valence-corrected chi connectivity index (χ4v) is 2.52. The molecule has 0 amide bonds. The average molecular weight is 264 g/mol. The van der Waals surface area contributed by atoms with E-state index >= 15 is 0 Å². The second-order valence-electron chi connectivity index (χ2n) is 5.34. The van der Waals surface area contributed by atoms with Gasteiger partial charge in [-0.3, -0.25) is 0 Å². The van der Waals surface area contributed by atoms with Gasteiger partial charge >= 0.3 is 0 Å². The van der Waals surface area contributed by atoms with Crippen molar-refractivity contribution in [1.29, 1.82) is 0 Å². The Bertz CT molecular complexity index is 410. The SMILES string of the molecule is CCCNc1ncnc(NCC2CCC(O)C2)c1C. The molecule has 0 saturated heterocycles. The third-order valence-electron chi connectivity index (χ3n) is 3.70. The molecule has 3 N–H and O–H groups in total. The maximum absolute atomic E-state index is 9.53. The van der Waals surface area contributed by atoms with Crippen LogP contribution < -0.4 is 10.6 Å². The molecule has 2 atom stereocenters. The minimum Gasteiger partial charge on any atom is -0.393 e.